The minimum absolute atomic E-state index is 0.135. The molecular weight excluding hydrogens is 310 g/mol. The second-order valence-electron chi connectivity index (χ2n) is 5.82. The van der Waals surface area contributed by atoms with Crippen LogP contribution in [0.5, 0.6) is 11.5 Å². The summed E-state index contributed by atoms with van der Waals surface area (Å²) < 4.78 is 10.7. The monoisotopic (exact) mass is 333 g/mol. The molecule has 3 nitrogen and oxygen atoms in total. The molecule has 0 spiro atoms. The van der Waals surface area contributed by atoms with Gasteiger partial charge in [-0.15, -0.1) is 0 Å². The van der Waals surface area contributed by atoms with Crippen molar-refractivity contribution in [2.24, 2.45) is 0 Å². The Morgan fingerprint density at radius 3 is 1.80 bits per heavy atom. The van der Waals surface area contributed by atoms with Crippen molar-refractivity contribution in [3.8, 4) is 11.5 Å². The zero-order valence-electron chi connectivity index (χ0n) is 14.6. The maximum Gasteiger partial charge on any atom is 0.161 e. The minimum atomic E-state index is 0.135. The van der Waals surface area contributed by atoms with Gasteiger partial charge >= 0.3 is 0 Å². The predicted octanol–water partition coefficient (Wildman–Crippen LogP) is 4.58. The summed E-state index contributed by atoms with van der Waals surface area (Å²) >= 11 is 0. The van der Waals surface area contributed by atoms with Gasteiger partial charge in [0.05, 0.1) is 20.3 Å². The maximum absolute atomic E-state index is 5.40. The molecule has 128 valence electrons. The van der Waals surface area contributed by atoms with Gasteiger partial charge in [-0.1, -0.05) is 66.7 Å². The maximum atomic E-state index is 5.40. The number of methoxy groups -OCH3 is 2. The first-order valence-electron chi connectivity index (χ1n) is 8.36. The van der Waals surface area contributed by atoms with Gasteiger partial charge in [0.2, 0.25) is 0 Å². The molecule has 0 atom stereocenters. The number of nitrogens with one attached hydrogen (secondary N) is 1. The highest BCUT2D eigenvalue weighted by Gasteiger charge is 2.13. The smallest absolute Gasteiger partial charge is 0.161 e. The Balaban J connectivity index is 1.82. The van der Waals surface area contributed by atoms with Gasteiger partial charge in [0.1, 0.15) is 0 Å². The number of rotatable bonds is 7. The van der Waals surface area contributed by atoms with Crippen molar-refractivity contribution >= 4 is 0 Å². The van der Waals surface area contributed by atoms with Gasteiger partial charge in [0.15, 0.2) is 11.5 Å². The van der Waals surface area contributed by atoms with E-state index in [1.807, 2.05) is 24.3 Å². The summed E-state index contributed by atoms with van der Waals surface area (Å²) in [5.41, 5.74) is 3.64. The molecule has 1 N–H and O–H groups in total. The van der Waals surface area contributed by atoms with Crippen molar-refractivity contribution in [3.63, 3.8) is 0 Å². The Labute approximate surface area is 149 Å². The molecule has 0 aliphatic rings. The van der Waals surface area contributed by atoms with Crippen molar-refractivity contribution in [3.05, 3.63) is 95.6 Å². The first-order valence-corrected chi connectivity index (χ1v) is 8.36. The molecule has 0 aliphatic heterocycles. The van der Waals surface area contributed by atoms with E-state index in [2.05, 4.69) is 59.9 Å². The van der Waals surface area contributed by atoms with Crippen LogP contribution in [0.1, 0.15) is 22.7 Å². The first-order chi connectivity index (χ1) is 12.3. The molecule has 0 heterocycles. The molecular formula is C22H23NO2. The Hall–Kier alpha value is -2.78. The third kappa shape index (κ3) is 4.20. The van der Waals surface area contributed by atoms with Crippen LogP contribution >= 0.6 is 0 Å². The van der Waals surface area contributed by atoms with Crippen LogP contribution < -0.4 is 14.8 Å². The van der Waals surface area contributed by atoms with Gasteiger partial charge in [-0.2, -0.15) is 0 Å². The van der Waals surface area contributed by atoms with Gasteiger partial charge in [-0.05, 0) is 28.8 Å². The fourth-order valence-electron chi connectivity index (χ4n) is 2.93. The molecule has 3 aromatic carbocycles. The van der Waals surface area contributed by atoms with E-state index < -0.39 is 0 Å². The summed E-state index contributed by atoms with van der Waals surface area (Å²) in [4.78, 5) is 0. The average Bonchev–Trinajstić information content (AvgIpc) is 2.69. The highest BCUT2D eigenvalue weighted by molar-refractivity contribution is 5.43. The van der Waals surface area contributed by atoms with Gasteiger partial charge in [-0.25, -0.2) is 0 Å². The third-order valence-electron chi connectivity index (χ3n) is 4.22. The van der Waals surface area contributed by atoms with Crippen LogP contribution in [0.2, 0.25) is 0 Å². The Morgan fingerprint density at radius 1 is 0.720 bits per heavy atom. The van der Waals surface area contributed by atoms with E-state index >= 15 is 0 Å². The fourth-order valence-corrected chi connectivity index (χ4v) is 2.93. The average molecular weight is 333 g/mol. The number of ether oxygens (including phenoxy) is 2. The summed E-state index contributed by atoms with van der Waals surface area (Å²) in [6.07, 6.45) is 0. The number of hydrogen-bond donors (Lipinski definition) is 1. The lowest BCUT2D eigenvalue weighted by Crippen LogP contribution is -2.22. The lowest BCUT2D eigenvalue weighted by molar-refractivity contribution is 0.354. The molecule has 0 aromatic heterocycles. The predicted molar refractivity (Wildman–Crippen MR) is 101 cm³/mol. The molecule has 0 fully saturated rings. The molecule has 0 saturated carbocycles. The second kappa shape index (κ2) is 8.36. The van der Waals surface area contributed by atoms with Crippen LogP contribution in [0.25, 0.3) is 0 Å². The van der Waals surface area contributed by atoms with Crippen LogP contribution in [0.15, 0.2) is 78.9 Å². The zero-order valence-corrected chi connectivity index (χ0v) is 14.6. The Kier molecular flexibility index (Phi) is 5.70. The van der Waals surface area contributed by atoms with Gasteiger partial charge in [0.25, 0.3) is 0 Å². The summed E-state index contributed by atoms with van der Waals surface area (Å²) in [5, 5.41) is 3.66. The SMILES string of the molecule is COc1ccc(CNC(c2ccccc2)c2ccccc2)cc1OC. The fraction of sp³-hybridized carbons (Fsp3) is 0.182. The summed E-state index contributed by atoms with van der Waals surface area (Å²) in [6, 6.07) is 27.1. The van der Waals surface area contributed by atoms with Crippen molar-refractivity contribution in [2.45, 2.75) is 12.6 Å². The molecule has 0 bridgehead atoms. The second-order valence-corrected chi connectivity index (χ2v) is 5.82. The highest BCUT2D eigenvalue weighted by atomic mass is 16.5. The molecule has 3 rings (SSSR count). The topological polar surface area (TPSA) is 30.5 Å². The standard InChI is InChI=1S/C22H23NO2/c1-24-20-14-13-17(15-21(20)25-2)16-23-22(18-9-5-3-6-10-18)19-11-7-4-8-12-19/h3-15,22-23H,16H2,1-2H3. The van der Waals surface area contributed by atoms with Crippen LogP contribution in [0.3, 0.4) is 0 Å². The van der Waals surface area contributed by atoms with E-state index in [1.165, 1.54) is 11.1 Å². The highest BCUT2D eigenvalue weighted by Crippen LogP contribution is 2.28. The molecule has 0 radical (unpaired) electrons. The lowest BCUT2D eigenvalue weighted by atomic mass is 9.98. The van der Waals surface area contributed by atoms with E-state index in [4.69, 9.17) is 9.47 Å². The van der Waals surface area contributed by atoms with Crippen LogP contribution in [-0.4, -0.2) is 14.2 Å². The van der Waals surface area contributed by atoms with Crippen LogP contribution in [0, 0.1) is 0 Å². The molecule has 0 unspecified atom stereocenters. The zero-order chi connectivity index (χ0) is 17.5. The molecule has 0 aliphatic carbocycles. The largest absolute Gasteiger partial charge is 0.493 e. The summed E-state index contributed by atoms with van der Waals surface area (Å²) in [5.74, 6) is 1.49. The number of benzene rings is 3. The van der Waals surface area contributed by atoms with Gasteiger partial charge in [0, 0.05) is 6.54 Å². The lowest BCUT2D eigenvalue weighted by Gasteiger charge is -2.20. The third-order valence-corrected chi connectivity index (χ3v) is 4.22. The van der Waals surface area contributed by atoms with Crippen molar-refractivity contribution in [2.75, 3.05) is 14.2 Å². The van der Waals surface area contributed by atoms with Crippen LogP contribution in [-0.2, 0) is 6.54 Å². The van der Waals surface area contributed by atoms with Crippen molar-refractivity contribution in [1.29, 1.82) is 0 Å². The Morgan fingerprint density at radius 2 is 1.28 bits per heavy atom. The summed E-state index contributed by atoms with van der Waals surface area (Å²) in [6.45, 7) is 0.731. The van der Waals surface area contributed by atoms with E-state index in [0.717, 1.165) is 23.6 Å². The summed E-state index contributed by atoms with van der Waals surface area (Å²) in [7, 11) is 3.31. The Bertz CT molecular complexity index is 748. The van der Waals surface area contributed by atoms with Gasteiger partial charge in [-0.3, -0.25) is 0 Å². The minimum Gasteiger partial charge on any atom is -0.493 e. The quantitative estimate of drug-likeness (QED) is 0.686. The first kappa shape index (κ1) is 17.1. The van der Waals surface area contributed by atoms with Crippen molar-refractivity contribution in [1.82, 2.24) is 5.32 Å². The molecule has 3 aromatic rings. The molecule has 3 heteroatoms. The van der Waals surface area contributed by atoms with Gasteiger partial charge < -0.3 is 14.8 Å². The van der Waals surface area contributed by atoms with Crippen LogP contribution in [0.4, 0.5) is 0 Å². The van der Waals surface area contributed by atoms with E-state index in [9.17, 15) is 0 Å². The van der Waals surface area contributed by atoms with E-state index in [1.54, 1.807) is 14.2 Å². The molecule has 25 heavy (non-hydrogen) atoms. The van der Waals surface area contributed by atoms with E-state index in [0.29, 0.717) is 0 Å². The van der Waals surface area contributed by atoms with Crippen molar-refractivity contribution < 1.29 is 9.47 Å². The molecule has 0 amide bonds. The number of hydrogen-bond acceptors (Lipinski definition) is 3. The van der Waals surface area contributed by atoms with E-state index in [-0.39, 0.29) is 6.04 Å². The molecule has 0 saturated heterocycles. The normalized spacial score (nSPS) is 10.7.